The number of nitrogens with one attached hydrogen (secondary N) is 1. The normalized spacial score (nSPS) is 20.7. The minimum atomic E-state index is -0.245. The molecule has 0 spiro atoms. The van der Waals surface area contributed by atoms with E-state index in [-0.39, 0.29) is 17.7 Å². The van der Waals surface area contributed by atoms with Gasteiger partial charge in [0.2, 0.25) is 5.95 Å². The van der Waals surface area contributed by atoms with Crippen molar-refractivity contribution in [3.8, 4) is 0 Å². The van der Waals surface area contributed by atoms with Crippen LogP contribution in [0.25, 0.3) is 6.08 Å². The number of rotatable bonds is 4. The first-order valence-electron chi connectivity index (χ1n) is 10.9. The lowest BCUT2D eigenvalue weighted by Crippen LogP contribution is -2.32. The number of nitrogens with zero attached hydrogens (tertiary/aromatic N) is 3. The third-order valence-electron chi connectivity index (χ3n) is 6.25. The van der Waals surface area contributed by atoms with Crippen LogP contribution in [0, 0.1) is 0 Å². The molecule has 2 heterocycles. The summed E-state index contributed by atoms with van der Waals surface area (Å²) in [6, 6.07) is 18.6. The van der Waals surface area contributed by atoms with Crippen LogP contribution in [0.3, 0.4) is 0 Å². The fourth-order valence-corrected chi connectivity index (χ4v) is 4.53. The summed E-state index contributed by atoms with van der Waals surface area (Å²) >= 11 is 0. The first-order valence-corrected chi connectivity index (χ1v) is 10.9. The SMILES string of the molecule is CC(C)c1ccc(C2CC(=O)C3=C(C2)Nc2ncnn2C3/C=C/c2ccccc2)cc1. The molecule has 0 bridgehead atoms. The average Bonchev–Trinajstić information content (AvgIpc) is 3.26. The maximum atomic E-state index is 13.3. The molecule has 5 heteroatoms. The summed E-state index contributed by atoms with van der Waals surface area (Å²) in [4.78, 5) is 17.7. The molecular weight excluding hydrogens is 384 g/mol. The highest BCUT2D eigenvalue weighted by Gasteiger charge is 2.37. The van der Waals surface area contributed by atoms with Gasteiger partial charge in [0.25, 0.3) is 0 Å². The molecule has 1 aliphatic heterocycles. The Morgan fingerprint density at radius 2 is 1.84 bits per heavy atom. The molecule has 0 radical (unpaired) electrons. The van der Waals surface area contributed by atoms with E-state index in [4.69, 9.17) is 0 Å². The van der Waals surface area contributed by atoms with E-state index in [1.54, 1.807) is 4.68 Å². The van der Waals surface area contributed by atoms with Crippen LogP contribution >= 0.6 is 0 Å². The molecule has 0 fully saturated rings. The lowest BCUT2D eigenvalue weighted by atomic mass is 9.78. The smallest absolute Gasteiger partial charge is 0.226 e. The van der Waals surface area contributed by atoms with E-state index in [2.05, 4.69) is 77.8 Å². The van der Waals surface area contributed by atoms with Gasteiger partial charge in [0, 0.05) is 17.7 Å². The summed E-state index contributed by atoms with van der Waals surface area (Å²) in [6.07, 6.45) is 6.96. The van der Waals surface area contributed by atoms with Gasteiger partial charge in [0.05, 0.1) is 0 Å². The number of benzene rings is 2. The second kappa shape index (κ2) is 7.99. The van der Waals surface area contributed by atoms with Gasteiger partial charge in [0.15, 0.2) is 5.78 Å². The predicted octanol–water partition coefficient (Wildman–Crippen LogP) is 5.48. The fraction of sp³-hybridized carbons (Fsp3) is 0.269. The molecule has 5 nitrogen and oxygen atoms in total. The molecule has 1 aliphatic carbocycles. The molecule has 2 unspecified atom stereocenters. The summed E-state index contributed by atoms with van der Waals surface area (Å²) in [5, 5.41) is 7.77. The molecule has 5 rings (SSSR count). The summed E-state index contributed by atoms with van der Waals surface area (Å²) in [5.74, 6) is 1.54. The second-order valence-corrected chi connectivity index (χ2v) is 8.61. The van der Waals surface area contributed by atoms with Gasteiger partial charge in [-0.05, 0) is 34.9 Å². The summed E-state index contributed by atoms with van der Waals surface area (Å²) in [6.45, 7) is 4.39. The van der Waals surface area contributed by atoms with Crippen molar-refractivity contribution in [2.75, 3.05) is 5.32 Å². The van der Waals surface area contributed by atoms with Crippen molar-refractivity contribution in [1.29, 1.82) is 0 Å². The van der Waals surface area contributed by atoms with Gasteiger partial charge < -0.3 is 5.32 Å². The molecule has 31 heavy (non-hydrogen) atoms. The van der Waals surface area contributed by atoms with Crippen LogP contribution in [-0.4, -0.2) is 20.5 Å². The van der Waals surface area contributed by atoms with Crippen LogP contribution in [0.15, 0.2) is 78.3 Å². The molecule has 0 amide bonds. The number of carbonyl (C=O) groups excluding carboxylic acids is 1. The topological polar surface area (TPSA) is 59.8 Å². The van der Waals surface area contributed by atoms with Crippen molar-refractivity contribution in [1.82, 2.24) is 14.8 Å². The van der Waals surface area contributed by atoms with Crippen molar-refractivity contribution >= 4 is 17.8 Å². The third-order valence-corrected chi connectivity index (χ3v) is 6.25. The zero-order valence-corrected chi connectivity index (χ0v) is 17.8. The van der Waals surface area contributed by atoms with Gasteiger partial charge in [-0.1, -0.05) is 80.6 Å². The van der Waals surface area contributed by atoms with E-state index in [0.717, 1.165) is 23.3 Å². The number of hydrogen-bond donors (Lipinski definition) is 1. The molecule has 0 saturated carbocycles. The molecule has 2 aliphatic rings. The van der Waals surface area contributed by atoms with Crippen molar-refractivity contribution in [3.63, 3.8) is 0 Å². The van der Waals surface area contributed by atoms with Crippen LogP contribution in [0.1, 0.15) is 61.3 Å². The summed E-state index contributed by atoms with van der Waals surface area (Å²) in [5.41, 5.74) is 5.41. The van der Waals surface area contributed by atoms with Crippen LogP contribution in [0.5, 0.6) is 0 Å². The van der Waals surface area contributed by atoms with Crippen LogP contribution in [0.4, 0.5) is 5.95 Å². The molecule has 3 aromatic rings. The highest BCUT2D eigenvalue weighted by atomic mass is 16.1. The quantitative estimate of drug-likeness (QED) is 0.618. The van der Waals surface area contributed by atoms with Crippen LogP contribution in [0.2, 0.25) is 0 Å². The van der Waals surface area contributed by atoms with Gasteiger partial charge in [0.1, 0.15) is 12.4 Å². The van der Waals surface area contributed by atoms with Gasteiger partial charge >= 0.3 is 0 Å². The Bertz CT molecular complexity index is 1160. The number of fused-ring (bicyclic) bond motifs is 1. The number of hydrogen-bond acceptors (Lipinski definition) is 4. The highest BCUT2D eigenvalue weighted by Crippen LogP contribution is 2.42. The molecular formula is C26H26N4O. The monoisotopic (exact) mass is 410 g/mol. The molecule has 1 aromatic heterocycles. The van der Waals surface area contributed by atoms with Crippen molar-refractivity contribution in [3.05, 3.63) is 95.0 Å². The molecule has 1 N–H and O–H groups in total. The van der Waals surface area contributed by atoms with Crippen molar-refractivity contribution in [2.45, 2.75) is 44.6 Å². The lowest BCUT2D eigenvalue weighted by Gasteiger charge is -2.34. The van der Waals surface area contributed by atoms with Crippen LogP contribution < -0.4 is 5.32 Å². The van der Waals surface area contributed by atoms with Gasteiger partial charge in [-0.15, -0.1) is 0 Å². The summed E-state index contributed by atoms with van der Waals surface area (Å²) in [7, 11) is 0. The van der Waals surface area contributed by atoms with Gasteiger partial charge in [-0.2, -0.15) is 10.1 Å². The zero-order valence-electron chi connectivity index (χ0n) is 17.8. The number of carbonyl (C=O) groups is 1. The van der Waals surface area contributed by atoms with Crippen molar-refractivity contribution < 1.29 is 4.79 Å². The van der Waals surface area contributed by atoms with Crippen molar-refractivity contribution in [2.24, 2.45) is 0 Å². The Hall–Kier alpha value is -3.47. The minimum Gasteiger partial charge on any atom is -0.328 e. The highest BCUT2D eigenvalue weighted by molar-refractivity contribution is 6.00. The maximum absolute atomic E-state index is 13.3. The predicted molar refractivity (Wildman–Crippen MR) is 123 cm³/mol. The minimum absolute atomic E-state index is 0.174. The zero-order chi connectivity index (χ0) is 21.4. The first-order chi connectivity index (χ1) is 15.1. The maximum Gasteiger partial charge on any atom is 0.226 e. The van der Waals surface area contributed by atoms with Gasteiger partial charge in [-0.25, -0.2) is 4.68 Å². The molecule has 2 aromatic carbocycles. The number of ketones is 1. The van der Waals surface area contributed by atoms with E-state index >= 15 is 0 Å². The summed E-state index contributed by atoms with van der Waals surface area (Å²) < 4.78 is 1.80. The Balaban J connectivity index is 1.47. The molecule has 2 atom stereocenters. The van der Waals surface area contributed by atoms with E-state index in [9.17, 15) is 4.79 Å². The molecule has 156 valence electrons. The first kappa shape index (κ1) is 19.5. The number of allylic oxidation sites excluding steroid dienone is 3. The molecule has 0 saturated heterocycles. The Morgan fingerprint density at radius 3 is 2.58 bits per heavy atom. The average molecular weight is 411 g/mol. The number of Topliss-reactive ketones (excluding diaryl/α,β-unsaturated/α-hetero) is 1. The van der Waals surface area contributed by atoms with E-state index in [0.29, 0.717) is 18.3 Å². The largest absolute Gasteiger partial charge is 0.328 e. The van der Waals surface area contributed by atoms with E-state index in [1.165, 1.54) is 17.5 Å². The standard InChI is InChI=1S/C26H26N4O/c1-17(2)19-9-11-20(12-10-19)21-14-22-25(24(31)15-21)23(30-26(29-22)27-16-28-30)13-8-18-6-4-3-5-7-18/h3-13,16-17,21,23H,14-15H2,1-2H3,(H,27,28,29)/b13-8+. The van der Waals surface area contributed by atoms with E-state index in [1.807, 2.05) is 18.2 Å². The Kier molecular flexibility index (Phi) is 5.02. The fourth-order valence-electron chi connectivity index (χ4n) is 4.53. The van der Waals surface area contributed by atoms with E-state index < -0.39 is 0 Å². The number of anilines is 1. The van der Waals surface area contributed by atoms with Crippen LogP contribution in [-0.2, 0) is 4.79 Å². The second-order valence-electron chi connectivity index (χ2n) is 8.61. The number of aromatic nitrogens is 3. The Labute approximate surface area is 182 Å². The third kappa shape index (κ3) is 3.72. The van der Waals surface area contributed by atoms with Gasteiger partial charge in [-0.3, -0.25) is 4.79 Å². The Morgan fingerprint density at radius 1 is 1.06 bits per heavy atom. The lowest BCUT2D eigenvalue weighted by molar-refractivity contribution is -0.116.